The largest absolute Gasteiger partial charge is 0.493 e. The first-order chi connectivity index (χ1) is 9.22. The van der Waals surface area contributed by atoms with Crippen molar-refractivity contribution in [3.05, 3.63) is 23.8 Å². The number of aryl methyl sites for hydroxylation is 1. The molecular weight excluding hydrogens is 242 g/mol. The van der Waals surface area contributed by atoms with Crippen molar-refractivity contribution >= 4 is 5.91 Å². The summed E-state index contributed by atoms with van der Waals surface area (Å²) in [7, 11) is 3.25. The van der Waals surface area contributed by atoms with Crippen molar-refractivity contribution < 1.29 is 14.3 Å². The summed E-state index contributed by atoms with van der Waals surface area (Å²) in [6, 6.07) is 6.34. The van der Waals surface area contributed by atoms with Gasteiger partial charge in [0.25, 0.3) is 0 Å². The molecule has 0 aliphatic heterocycles. The Balaban J connectivity index is 1.79. The molecule has 19 heavy (non-hydrogen) atoms. The van der Waals surface area contributed by atoms with Crippen LogP contribution in [0.4, 0.5) is 0 Å². The van der Waals surface area contributed by atoms with Gasteiger partial charge < -0.3 is 14.8 Å². The number of carbonyl (C=O) groups is 1. The van der Waals surface area contributed by atoms with Crippen molar-refractivity contribution in [1.82, 2.24) is 5.32 Å². The summed E-state index contributed by atoms with van der Waals surface area (Å²) in [5.41, 5.74) is 1.16. The van der Waals surface area contributed by atoms with E-state index in [9.17, 15) is 4.79 Å². The maximum atomic E-state index is 11.6. The van der Waals surface area contributed by atoms with Gasteiger partial charge in [-0.1, -0.05) is 6.07 Å². The number of benzene rings is 1. The lowest BCUT2D eigenvalue weighted by Crippen LogP contribution is -2.24. The topological polar surface area (TPSA) is 47.6 Å². The summed E-state index contributed by atoms with van der Waals surface area (Å²) in [4.78, 5) is 11.6. The average molecular weight is 263 g/mol. The average Bonchev–Trinajstić information content (AvgIpc) is 3.22. The lowest BCUT2D eigenvalue weighted by Gasteiger charge is -2.09. The standard InChI is InChI=1S/C15H21NO3/c1-18-13-9-6-11(10-14(13)19-2)4-3-5-15(17)16-12-7-8-12/h6,9-10,12H,3-5,7-8H2,1-2H3,(H,16,17). The van der Waals surface area contributed by atoms with Crippen LogP contribution < -0.4 is 14.8 Å². The van der Waals surface area contributed by atoms with Crippen molar-refractivity contribution in [3.8, 4) is 11.5 Å². The van der Waals surface area contributed by atoms with Gasteiger partial charge in [-0.3, -0.25) is 4.79 Å². The van der Waals surface area contributed by atoms with E-state index in [-0.39, 0.29) is 5.91 Å². The molecule has 1 aliphatic carbocycles. The summed E-state index contributed by atoms with van der Waals surface area (Å²) in [5, 5.41) is 3.00. The third kappa shape index (κ3) is 4.16. The maximum Gasteiger partial charge on any atom is 0.220 e. The first-order valence-electron chi connectivity index (χ1n) is 6.73. The summed E-state index contributed by atoms with van der Waals surface area (Å²) >= 11 is 0. The van der Waals surface area contributed by atoms with E-state index in [1.54, 1.807) is 14.2 Å². The number of rotatable bonds is 7. The molecular formula is C15H21NO3. The fourth-order valence-electron chi connectivity index (χ4n) is 2.02. The number of methoxy groups -OCH3 is 2. The second-order valence-electron chi connectivity index (χ2n) is 4.88. The number of hydrogen-bond donors (Lipinski definition) is 1. The molecule has 104 valence electrons. The lowest BCUT2D eigenvalue weighted by molar-refractivity contribution is -0.121. The molecule has 1 aromatic rings. The predicted molar refractivity (Wildman–Crippen MR) is 73.6 cm³/mol. The van der Waals surface area contributed by atoms with Gasteiger partial charge in [-0.15, -0.1) is 0 Å². The quantitative estimate of drug-likeness (QED) is 0.821. The summed E-state index contributed by atoms with van der Waals surface area (Å²) in [6.07, 6.45) is 4.60. The molecule has 0 radical (unpaired) electrons. The zero-order valence-electron chi connectivity index (χ0n) is 11.6. The Hall–Kier alpha value is -1.71. The first kappa shape index (κ1) is 13.7. The minimum absolute atomic E-state index is 0.169. The van der Waals surface area contributed by atoms with Crippen LogP contribution in [-0.2, 0) is 11.2 Å². The van der Waals surface area contributed by atoms with Gasteiger partial charge in [0.2, 0.25) is 5.91 Å². The number of ether oxygens (including phenoxy) is 2. The van der Waals surface area contributed by atoms with Gasteiger partial charge in [0.05, 0.1) is 14.2 Å². The molecule has 0 atom stereocenters. The van der Waals surface area contributed by atoms with Gasteiger partial charge in [0, 0.05) is 12.5 Å². The van der Waals surface area contributed by atoms with E-state index >= 15 is 0 Å². The summed E-state index contributed by atoms with van der Waals surface area (Å²) in [5.74, 6) is 1.64. The molecule has 1 N–H and O–H groups in total. The highest BCUT2D eigenvalue weighted by Crippen LogP contribution is 2.28. The van der Waals surface area contributed by atoms with E-state index in [0.717, 1.165) is 42.7 Å². The third-order valence-electron chi connectivity index (χ3n) is 3.26. The van der Waals surface area contributed by atoms with E-state index < -0.39 is 0 Å². The number of hydrogen-bond acceptors (Lipinski definition) is 3. The molecule has 0 bridgehead atoms. The van der Waals surface area contributed by atoms with Crippen LogP contribution >= 0.6 is 0 Å². The molecule has 1 aliphatic rings. The normalized spacial score (nSPS) is 14.0. The second kappa shape index (κ2) is 6.45. The monoisotopic (exact) mass is 263 g/mol. The SMILES string of the molecule is COc1ccc(CCCC(=O)NC2CC2)cc1OC. The minimum atomic E-state index is 0.169. The zero-order valence-corrected chi connectivity index (χ0v) is 11.6. The number of nitrogens with one attached hydrogen (secondary N) is 1. The van der Waals surface area contributed by atoms with Crippen molar-refractivity contribution in [2.75, 3.05) is 14.2 Å². The van der Waals surface area contributed by atoms with Crippen molar-refractivity contribution in [1.29, 1.82) is 0 Å². The highest BCUT2D eigenvalue weighted by Gasteiger charge is 2.22. The highest BCUT2D eigenvalue weighted by molar-refractivity contribution is 5.76. The van der Waals surface area contributed by atoms with E-state index in [2.05, 4.69) is 5.32 Å². The lowest BCUT2D eigenvalue weighted by atomic mass is 10.1. The Morgan fingerprint density at radius 1 is 1.26 bits per heavy atom. The molecule has 1 saturated carbocycles. The Bertz CT molecular complexity index is 441. The summed E-state index contributed by atoms with van der Waals surface area (Å²) in [6.45, 7) is 0. The summed E-state index contributed by atoms with van der Waals surface area (Å²) < 4.78 is 10.5. The van der Waals surface area contributed by atoms with Crippen molar-refractivity contribution in [2.24, 2.45) is 0 Å². The number of amides is 1. The van der Waals surface area contributed by atoms with Crippen LogP contribution in [0, 0.1) is 0 Å². The molecule has 2 rings (SSSR count). The zero-order chi connectivity index (χ0) is 13.7. The van der Waals surface area contributed by atoms with Crippen LogP contribution in [0.15, 0.2) is 18.2 Å². The Labute approximate surface area is 114 Å². The second-order valence-corrected chi connectivity index (χ2v) is 4.88. The molecule has 0 saturated heterocycles. The van der Waals surface area contributed by atoms with Gasteiger partial charge in [-0.05, 0) is 43.4 Å². The van der Waals surface area contributed by atoms with E-state index in [4.69, 9.17) is 9.47 Å². The van der Waals surface area contributed by atoms with Crippen LogP contribution in [0.5, 0.6) is 11.5 Å². The van der Waals surface area contributed by atoms with Gasteiger partial charge in [-0.25, -0.2) is 0 Å². The Morgan fingerprint density at radius 3 is 2.63 bits per heavy atom. The molecule has 0 heterocycles. The minimum Gasteiger partial charge on any atom is -0.493 e. The highest BCUT2D eigenvalue weighted by atomic mass is 16.5. The molecule has 4 heteroatoms. The Kier molecular flexibility index (Phi) is 4.66. The van der Waals surface area contributed by atoms with E-state index in [1.807, 2.05) is 18.2 Å². The van der Waals surface area contributed by atoms with Gasteiger partial charge in [-0.2, -0.15) is 0 Å². The molecule has 0 aromatic heterocycles. The molecule has 0 unspecified atom stereocenters. The molecule has 1 aromatic carbocycles. The fourth-order valence-corrected chi connectivity index (χ4v) is 2.02. The maximum absolute atomic E-state index is 11.6. The van der Waals surface area contributed by atoms with E-state index in [1.165, 1.54) is 0 Å². The van der Waals surface area contributed by atoms with Crippen LogP contribution in [0.25, 0.3) is 0 Å². The van der Waals surface area contributed by atoms with Gasteiger partial charge in [0.1, 0.15) is 0 Å². The van der Waals surface area contributed by atoms with Crippen molar-refractivity contribution in [2.45, 2.75) is 38.1 Å². The molecule has 1 fully saturated rings. The molecule has 0 spiro atoms. The van der Waals surface area contributed by atoms with E-state index in [0.29, 0.717) is 12.5 Å². The van der Waals surface area contributed by atoms with Crippen molar-refractivity contribution in [3.63, 3.8) is 0 Å². The van der Waals surface area contributed by atoms with Crippen LogP contribution in [0.2, 0.25) is 0 Å². The fraction of sp³-hybridized carbons (Fsp3) is 0.533. The van der Waals surface area contributed by atoms with Crippen LogP contribution in [-0.4, -0.2) is 26.2 Å². The molecule has 1 amide bonds. The van der Waals surface area contributed by atoms with Crippen LogP contribution in [0.1, 0.15) is 31.2 Å². The van der Waals surface area contributed by atoms with Crippen LogP contribution in [0.3, 0.4) is 0 Å². The number of carbonyl (C=O) groups excluding carboxylic acids is 1. The third-order valence-corrected chi connectivity index (χ3v) is 3.26. The smallest absolute Gasteiger partial charge is 0.220 e. The van der Waals surface area contributed by atoms with Gasteiger partial charge in [0.15, 0.2) is 11.5 Å². The Morgan fingerprint density at radius 2 is 2.00 bits per heavy atom. The van der Waals surface area contributed by atoms with Gasteiger partial charge >= 0.3 is 0 Å². The predicted octanol–water partition coefficient (Wildman–Crippen LogP) is 2.31. The first-order valence-corrected chi connectivity index (χ1v) is 6.73. The molecule has 4 nitrogen and oxygen atoms in total.